The fraction of sp³-hybridized carbons (Fsp3) is 0.552. The van der Waals surface area contributed by atoms with Gasteiger partial charge in [-0.25, -0.2) is 0 Å². The molecule has 2 amide bonds. The molecule has 10 heteroatoms. The van der Waals surface area contributed by atoms with Crippen LogP contribution in [0.3, 0.4) is 0 Å². The lowest BCUT2D eigenvalue weighted by Gasteiger charge is -2.40. The first-order valence-corrected chi connectivity index (χ1v) is 14.2. The molecule has 3 aliphatic rings. The van der Waals surface area contributed by atoms with E-state index in [9.17, 15) is 19.5 Å². The number of methoxy groups -OCH3 is 1. The Labute approximate surface area is 237 Å². The molecule has 3 saturated heterocycles. The van der Waals surface area contributed by atoms with Crippen LogP contribution in [0.25, 0.3) is 0 Å². The van der Waals surface area contributed by atoms with Gasteiger partial charge in [0.1, 0.15) is 17.4 Å². The number of carbonyl (C=O) groups is 3. The second kappa shape index (κ2) is 11.8. The number of rotatable bonds is 12. The Morgan fingerprint density at radius 3 is 2.54 bits per heavy atom. The lowest BCUT2D eigenvalue weighted by molar-refractivity contribution is -0.155. The number of aliphatic hydroxyl groups excluding tert-OH is 1. The van der Waals surface area contributed by atoms with E-state index in [1.165, 1.54) is 4.90 Å². The number of hydrogen-bond acceptors (Lipinski definition) is 7. The third-order valence-electron chi connectivity index (χ3n) is 8.08. The number of likely N-dealkylation sites (tertiary alicyclic amines) is 1. The molecule has 39 heavy (non-hydrogen) atoms. The first kappa shape index (κ1) is 29.3. The summed E-state index contributed by atoms with van der Waals surface area (Å²) in [4.78, 5) is 44.9. The van der Waals surface area contributed by atoms with Crippen LogP contribution in [0.1, 0.15) is 26.7 Å². The van der Waals surface area contributed by atoms with E-state index in [1.54, 1.807) is 48.4 Å². The molecule has 1 aromatic rings. The molecular weight excluding hydrogens is 568 g/mol. The van der Waals surface area contributed by atoms with Gasteiger partial charge in [0.15, 0.2) is 0 Å². The quantitative estimate of drug-likeness (QED) is 0.169. The summed E-state index contributed by atoms with van der Waals surface area (Å²) in [5.41, 5.74) is -0.662. The Hall–Kier alpha value is -2.69. The Morgan fingerprint density at radius 2 is 1.97 bits per heavy atom. The SMILES string of the molecule is C=CCCOC(=O)[C@H]1[C@H]2C(=O)N([C@@H](CO)C(C)C)C(C(=O)N(CC=C)c3ccc(OC)cc3)C23CC(Br)[C@@H]1O3. The van der Waals surface area contributed by atoms with Crippen molar-refractivity contribution in [1.82, 2.24) is 4.90 Å². The molecular formula is C29H37BrN2O7. The topological polar surface area (TPSA) is 106 Å². The van der Waals surface area contributed by atoms with Crippen LogP contribution in [0.15, 0.2) is 49.6 Å². The molecule has 3 heterocycles. The van der Waals surface area contributed by atoms with Gasteiger partial charge in [-0.05, 0) is 43.0 Å². The van der Waals surface area contributed by atoms with E-state index in [2.05, 4.69) is 29.1 Å². The molecule has 212 valence electrons. The molecule has 9 nitrogen and oxygen atoms in total. The number of anilines is 1. The van der Waals surface area contributed by atoms with E-state index < -0.39 is 41.6 Å². The van der Waals surface area contributed by atoms with Gasteiger partial charge in [-0.15, -0.1) is 13.2 Å². The van der Waals surface area contributed by atoms with E-state index >= 15 is 0 Å². The summed E-state index contributed by atoms with van der Waals surface area (Å²) in [6, 6.07) is 5.33. The molecule has 0 saturated carbocycles. The summed E-state index contributed by atoms with van der Waals surface area (Å²) in [6.45, 7) is 11.3. The van der Waals surface area contributed by atoms with Crippen LogP contribution in [-0.4, -0.2) is 83.3 Å². The van der Waals surface area contributed by atoms with E-state index in [0.29, 0.717) is 24.3 Å². The number of carbonyl (C=O) groups excluding carboxylic acids is 3. The normalized spacial score (nSPS) is 29.7. The molecule has 0 radical (unpaired) electrons. The Balaban J connectivity index is 1.80. The van der Waals surface area contributed by atoms with Crippen LogP contribution in [0, 0.1) is 17.8 Å². The number of benzene rings is 1. The first-order valence-electron chi connectivity index (χ1n) is 13.3. The van der Waals surface area contributed by atoms with Gasteiger partial charge in [0.05, 0.1) is 44.3 Å². The maximum Gasteiger partial charge on any atom is 0.312 e. The monoisotopic (exact) mass is 604 g/mol. The number of alkyl halides is 1. The summed E-state index contributed by atoms with van der Waals surface area (Å²) in [6.07, 6.45) is 3.49. The molecule has 1 spiro atoms. The molecule has 1 N–H and O–H groups in total. The zero-order valence-corrected chi connectivity index (χ0v) is 24.2. The zero-order chi connectivity index (χ0) is 28.5. The molecule has 0 aliphatic carbocycles. The Kier molecular flexibility index (Phi) is 8.88. The minimum Gasteiger partial charge on any atom is -0.497 e. The van der Waals surface area contributed by atoms with E-state index in [-0.39, 0.29) is 42.3 Å². The van der Waals surface area contributed by atoms with Crippen molar-refractivity contribution in [2.45, 2.75) is 55.3 Å². The average Bonchev–Trinajstić information content (AvgIpc) is 3.51. The number of fused-ring (bicyclic) bond motifs is 1. The summed E-state index contributed by atoms with van der Waals surface area (Å²) in [7, 11) is 1.56. The Morgan fingerprint density at radius 1 is 1.28 bits per heavy atom. The molecule has 4 rings (SSSR count). The number of esters is 1. The van der Waals surface area contributed by atoms with Crippen LogP contribution >= 0.6 is 15.9 Å². The third-order valence-corrected chi connectivity index (χ3v) is 8.92. The van der Waals surface area contributed by atoms with Crippen molar-refractivity contribution in [3.63, 3.8) is 0 Å². The maximum atomic E-state index is 14.6. The fourth-order valence-electron chi connectivity index (χ4n) is 6.29. The number of aliphatic hydroxyl groups is 1. The Bertz CT molecular complexity index is 1110. The zero-order valence-electron chi connectivity index (χ0n) is 22.6. The highest BCUT2D eigenvalue weighted by Gasteiger charge is 2.77. The van der Waals surface area contributed by atoms with Crippen molar-refractivity contribution in [1.29, 1.82) is 0 Å². The van der Waals surface area contributed by atoms with Crippen LogP contribution in [-0.2, 0) is 23.9 Å². The molecule has 1 aromatic carbocycles. The number of ether oxygens (including phenoxy) is 3. The smallest absolute Gasteiger partial charge is 0.312 e. The third kappa shape index (κ3) is 4.91. The van der Waals surface area contributed by atoms with Gasteiger partial charge < -0.3 is 29.1 Å². The molecule has 3 unspecified atom stereocenters. The van der Waals surface area contributed by atoms with Gasteiger partial charge in [0.25, 0.3) is 5.91 Å². The first-order chi connectivity index (χ1) is 18.7. The number of halogens is 1. The molecule has 7 atom stereocenters. The van der Waals surface area contributed by atoms with E-state index in [0.717, 1.165) is 0 Å². The van der Waals surface area contributed by atoms with Crippen molar-refractivity contribution in [3.05, 3.63) is 49.6 Å². The predicted octanol–water partition coefficient (Wildman–Crippen LogP) is 3.10. The highest BCUT2D eigenvalue weighted by molar-refractivity contribution is 9.09. The number of nitrogens with zero attached hydrogens (tertiary/aromatic N) is 2. The van der Waals surface area contributed by atoms with Crippen LogP contribution < -0.4 is 9.64 Å². The van der Waals surface area contributed by atoms with Gasteiger partial charge in [-0.3, -0.25) is 14.4 Å². The van der Waals surface area contributed by atoms with Crippen molar-refractivity contribution in [2.75, 3.05) is 31.8 Å². The van der Waals surface area contributed by atoms with Crippen molar-refractivity contribution in [3.8, 4) is 5.75 Å². The standard InChI is InChI=1S/C29H37BrN2O7/c1-6-8-14-38-28(36)22-23-26(34)32(21(16-33)17(3)4)25(29(23)15-20(30)24(22)39-29)27(35)31(13-7-2)18-9-11-19(37-5)12-10-18/h6-7,9-12,17,20-25,33H,1-2,8,13-16H2,3-5H3/t20?,21-,22-,23-,24-,25?,29?/m0/s1. The van der Waals surface area contributed by atoms with E-state index in [1.807, 2.05) is 13.8 Å². The molecule has 0 aromatic heterocycles. The molecule has 2 bridgehead atoms. The maximum absolute atomic E-state index is 14.6. The van der Waals surface area contributed by atoms with Crippen molar-refractivity contribution in [2.24, 2.45) is 17.8 Å². The highest BCUT2D eigenvalue weighted by Crippen LogP contribution is 2.61. The number of hydrogen-bond donors (Lipinski definition) is 1. The van der Waals surface area contributed by atoms with Crippen molar-refractivity contribution >= 4 is 39.4 Å². The second-order valence-corrected chi connectivity index (χ2v) is 11.8. The summed E-state index contributed by atoms with van der Waals surface area (Å²) in [5.74, 6) is -2.57. The lowest BCUT2D eigenvalue weighted by Crippen LogP contribution is -2.60. The lowest BCUT2D eigenvalue weighted by atomic mass is 9.70. The largest absolute Gasteiger partial charge is 0.497 e. The molecule has 3 aliphatic heterocycles. The summed E-state index contributed by atoms with van der Waals surface area (Å²) < 4.78 is 17.3. The van der Waals surface area contributed by atoms with Gasteiger partial charge in [0, 0.05) is 17.1 Å². The fourth-order valence-corrected chi connectivity index (χ4v) is 7.24. The highest BCUT2D eigenvalue weighted by atomic mass is 79.9. The van der Waals surface area contributed by atoms with E-state index in [4.69, 9.17) is 14.2 Å². The van der Waals surface area contributed by atoms with Gasteiger partial charge >= 0.3 is 5.97 Å². The molecule has 3 fully saturated rings. The van der Waals surface area contributed by atoms with Crippen LogP contribution in [0.2, 0.25) is 0 Å². The van der Waals surface area contributed by atoms with Crippen molar-refractivity contribution < 1.29 is 33.7 Å². The summed E-state index contributed by atoms with van der Waals surface area (Å²) in [5, 5.41) is 10.4. The summed E-state index contributed by atoms with van der Waals surface area (Å²) >= 11 is 3.66. The van der Waals surface area contributed by atoms with Gasteiger partial charge in [-0.1, -0.05) is 41.9 Å². The van der Waals surface area contributed by atoms with Gasteiger partial charge in [-0.2, -0.15) is 0 Å². The van der Waals surface area contributed by atoms with Gasteiger partial charge in [0.2, 0.25) is 5.91 Å². The average molecular weight is 606 g/mol. The minimum atomic E-state index is -1.26. The van der Waals surface area contributed by atoms with Crippen LogP contribution in [0.5, 0.6) is 5.75 Å². The minimum absolute atomic E-state index is 0.147. The van der Waals surface area contributed by atoms with Crippen LogP contribution in [0.4, 0.5) is 5.69 Å². The second-order valence-electron chi connectivity index (χ2n) is 10.6. The number of amides is 2. The predicted molar refractivity (Wildman–Crippen MR) is 150 cm³/mol.